The second-order valence-electron chi connectivity index (χ2n) is 5.78. The van der Waals surface area contributed by atoms with Crippen LogP contribution in [0.2, 0.25) is 19.6 Å². The molecule has 1 aliphatic rings. The van der Waals surface area contributed by atoms with Crippen molar-refractivity contribution >= 4 is 14.1 Å². The first kappa shape index (κ1) is 13.9. The van der Waals surface area contributed by atoms with Gasteiger partial charge in [0.2, 0.25) is 8.32 Å². The number of allylic oxidation sites excluding steroid dienone is 5. The van der Waals surface area contributed by atoms with E-state index >= 15 is 0 Å². The van der Waals surface area contributed by atoms with Gasteiger partial charge in [-0.25, -0.2) is 0 Å². The van der Waals surface area contributed by atoms with Gasteiger partial charge < -0.3 is 4.43 Å². The lowest BCUT2D eigenvalue weighted by Crippen LogP contribution is -2.25. The minimum Gasteiger partial charge on any atom is -0.544 e. The highest BCUT2D eigenvalue weighted by atomic mass is 28.4. The van der Waals surface area contributed by atoms with Crippen LogP contribution in [0.5, 0.6) is 0 Å². The molecule has 1 radical (unpaired) electrons. The van der Waals surface area contributed by atoms with Gasteiger partial charge in [-0.2, -0.15) is 0 Å². The SMILES string of the molecule is C[C]1C=CC(=C(O[Si](C)(C)C)c2ccccc2)C=C1. The molecule has 0 amide bonds. The molecule has 1 nitrogen and oxygen atoms in total. The maximum Gasteiger partial charge on any atom is 0.242 e. The van der Waals surface area contributed by atoms with Gasteiger partial charge in [0.25, 0.3) is 0 Å². The number of hydrogen-bond donors (Lipinski definition) is 0. The molecule has 99 valence electrons. The summed E-state index contributed by atoms with van der Waals surface area (Å²) in [5.41, 5.74) is 2.30. The fourth-order valence-corrected chi connectivity index (χ4v) is 2.73. The van der Waals surface area contributed by atoms with Gasteiger partial charge in [-0.1, -0.05) is 61.6 Å². The molecular formula is C17H21OSi. The summed E-state index contributed by atoms with van der Waals surface area (Å²) in [6.07, 6.45) is 8.54. The highest BCUT2D eigenvalue weighted by Crippen LogP contribution is 2.28. The lowest BCUT2D eigenvalue weighted by molar-refractivity contribution is 0.512. The fraction of sp³-hybridized carbons (Fsp3) is 0.235. The van der Waals surface area contributed by atoms with Gasteiger partial charge in [-0.15, -0.1) is 0 Å². The smallest absolute Gasteiger partial charge is 0.242 e. The Morgan fingerprint density at radius 1 is 0.895 bits per heavy atom. The second-order valence-corrected chi connectivity index (χ2v) is 10.2. The van der Waals surface area contributed by atoms with Gasteiger partial charge in [0, 0.05) is 17.1 Å². The molecule has 0 saturated heterocycles. The first-order valence-electron chi connectivity index (χ1n) is 6.64. The van der Waals surface area contributed by atoms with Crippen LogP contribution in [-0.2, 0) is 4.43 Å². The zero-order valence-corrected chi connectivity index (χ0v) is 13.1. The first-order valence-corrected chi connectivity index (χ1v) is 10.0. The molecule has 0 aliphatic heterocycles. The Hall–Kier alpha value is -1.54. The minimum atomic E-state index is -1.64. The van der Waals surface area contributed by atoms with E-state index < -0.39 is 8.32 Å². The van der Waals surface area contributed by atoms with Crippen LogP contribution in [0.3, 0.4) is 0 Å². The molecule has 1 aliphatic carbocycles. The molecular weight excluding hydrogens is 248 g/mol. The van der Waals surface area contributed by atoms with Crippen molar-refractivity contribution < 1.29 is 4.43 Å². The molecule has 1 aromatic carbocycles. The summed E-state index contributed by atoms with van der Waals surface area (Å²) in [7, 11) is -1.64. The van der Waals surface area contributed by atoms with Crippen molar-refractivity contribution in [3.05, 3.63) is 71.7 Å². The van der Waals surface area contributed by atoms with Crippen LogP contribution < -0.4 is 0 Å². The lowest BCUT2D eigenvalue weighted by atomic mass is 9.99. The van der Waals surface area contributed by atoms with Gasteiger partial charge in [0.1, 0.15) is 5.76 Å². The van der Waals surface area contributed by atoms with Gasteiger partial charge >= 0.3 is 0 Å². The molecule has 0 unspecified atom stereocenters. The summed E-state index contributed by atoms with van der Waals surface area (Å²) >= 11 is 0. The van der Waals surface area contributed by atoms with Gasteiger partial charge in [0.05, 0.1) is 0 Å². The van der Waals surface area contributed by atoms with Crippen molar-refractivity contribution in [2.24, 2.45) is 0 Å². The zero-order valence-electron chi connectivity index (χ0n) is 12.1. The van der Waals surface area contributed by atoms with Crippen molar-refractivity contribution in [1.29, 1.82) is 0 Å². The zero-order chi connectivity index (χ0) is 13.9. The summed E-state index contributed by atoms with van der Waals surface area (Å²) in [6.45, 7) is 8.74. The Labute approximate surface area is 117 Å². The van der Waals surface area contributed by atoms with E-state index in [-0.39, 0.29) is 0 Å². The quantitative estimate of drug-likeness (QED) is 0.556. The van der Waals surface area contributed by atoms with E-state index in [4.69, 9.17) is 4.43 Å². The minimum absolute atomic E-state index is 1.000. The van der Waals surface area contributed by atoms with E-state index in [0.717, 1.165) is 16.9 Å². The van der Waals surface area contributed by atoms with Crippen molar-refractivity contribution in [2.45, 2.75) is 26.6 Å². The van der Waals surface area contributed by atoms with Gasteiger partial charge in [0.15, 0.2) is 0 Å². The van der Waals surface area contributed by atoms with Crippen LogP contribution in [0.15, 0.2) is 60.2 Å². The van der Waals surface area contributed by atoms with Crippen molar-refractivity contribution in [2.75, 3.05) is 0 Å². The highest BCUT2D eigenvalue weighted by molar-refractivity contribution is 6.70. The monoisotopic (exact) mass is 269 g/mol. The predicted molar refractivity (Wildman–Crippen MR) is 85.0 cm³/mol. The lowest BCUT2D eigenvalue weighted by Gasteiger charge is -2.24. The maximum absolute atomic E-state index is 6.31. The maximum atomic E-state index is 6.31. The molecule has 0 atom stereocenters. The molecule has 0 aromatic heterocycles. The average Bonchev–Trinajstić information content (AvgIpc) is 2.37. The van der Waals surface area contributed by atoms with Crippen LogP contribution in [0, 0.1) is 5.92 Å². The van der Waals surface area contributed by atoms with Crippen molar-refractivity contribution in [3.8, 4) is 0 Å². The number of rotatable bonds is 3. The Kier molecular flexibility index (Phi) is 4.10. The molecule has 2 heteroatoms. The third-order valence-electron chi connectivity index (χ3n) is 2.76. The molecule has 2 rings (SSSR count). The average molecular weight is 269 g/mol. The summed E-state index contributed by atoms with van der Waals surface area (Å²) in [4.78, 5) is 0. The standard InChI is InChI=1S/C17H21OSi/c1-14-10-12-16(13-11-14)17(18-19(2,3)4)15-8-6-5-7-9-15/h5-13H,1-4H3. The van der Waals surface area contributed by atoms with Gasteiger partial charge in [-0.3, -0.25) is 0 Å². The third-order valence-corrected chi connectivity index (χ3v) is 3.57. The molecule has 0 saturated carbocycles. The largest absolute Gasteiger partial charge is 0.544 e. The first-order chi connectivity index (χ1) is 8.96. The molecule has 19 heavy (non-hydrogen) atoms. The fourth-order valence-electron chi connectivity index (χ4n) is 1.89. The third kappa shape index (κ3) is 3.96. The van der Waals surface area contributed by atoms with Crippen LogP contribution in [-0.4, -0.2) is 8.32 Å². The molecule has 0 heterocycles. The number of benzene rings is 1. The number of hydrogen-bond acceptors (Lipinski definition) is 1. The molecule has 0 fully saturated rings. The normalized spacial score (nSPS) is 15.7. The molecule has 1 aromatic rings. The van der Waals surface area contributed by atoms with E-state index in [1.165, 1.54) is 5.92 Å². The summed E-state index contributed by atoms with van der Waals surface area (Å²) < 4.78 is 6.31. The predicted octanol–water partition coefficient (Wildman–Crippen LogP) is 4.97. The highest BCUT2D eigenvalue weighted by Gasteiger charge is 2.20. The van der Waals surface area contributed by atoms with Crippen LogP contribution in [0.4, 0.5) is 0 Å². The Morgan fingerprint density at radius 3 is 2.00 bits per heavy atom. The van der Waals surface area contributed by atoms with E-state index in [2.05, 4.69) is 75.1 Å². The Bertz CT molecular complexity index is 502. The summed E-state index contributed by atoms with van der Waals surface area (Å²) in [5, 5.41) is 0. The van der Waals surface area contributed by atoms with Crippen LogP contribution in [0.25, 0.3) is 5.76 Å². The summed E-state index contributed by atoms with van der Waals surface area (Å²) in [6, 6.07) is 10.4. The van der Waals surface area contributed by atoms with E-state index in [0.29, 0.717) is 0 Å². The molecule has 0 spiro atoms. The van der Waals surface area contributed by atoms with Crippen LogP contribution >= 0.6 is 0 Å². The van der Waals surface area contributed by atoms with E-state index in [9.17, 15) is 0 Å². The summed E-state index contributed by atoms with van der Waals surface area (Å²) in [5.74, 6) is 2.27. The van der Waals surface area contributed by atoms with Crippen molar-refractivity contribution in [3.63, 3.8) is 0 Å². The Balaban J connectivity index is 2.44. The van der Waals surface area contributed by atoms with Gasteiger partial charge in [-0.05, 0) is 19.6 Å². The van der Waals surface area contributed by atoms with Crippen molar-refractivity contribution in [1.82, 2.24) is 0 Å². The van der Waals surface area contributed by atoms with Crippen LogP contribution in [0.1, 0.15) is 12.5 Å². The topological polar surface area (TPSA) is 9.23 Å². The van der Waals surface area contributed by atoms with E-state index in [1.54, 1.807) is 0 Å². The second kappa shape index (κ2) is 5.62. The molecule has 0 N–H and O–H groups in total. The van der Waals surface area contributed by atoms with E-state index in [1.807, 2.05) is 6.07 Å². The Morgan fingerprint density at radius 2 is 1.47 bits per heavy atom. The molecule has 0 bridgehead atoms.